The minimum Gasteiger partial charge on any atom is -0.281 e. The average Bonchev–Trinajstić information content (AvgIpc) is 2.94. The van der Waals surface area contributed by atoms with E-state index in [0.29, 0.717) is 28.7 Å². The Hall–Kier alpha value is -1.08. The Morgan fingerprint density at radius 3 is 2.60 bits per heavy atom. The molecule has 0 radical (unpaired) electrons. The molecule has 0 saturated carbocycles. The van der Waals surface area contributed by atoms with E-state index in [2.05, 4.69) is 10.2 Å². The van der Waals surface area contributed by atoms with Gasteiger partial charge in [-0.2, -0.15) is 9.40 Å². The molecule has 0 spiro atoms. The summed E-state index contributed by atoms with van der Waals surface area (Å²) in [7, 11) is -3.48. The molecule has 1 aromatic carbocycles. The number of hydrogen-bond donors (Lipinski definition) is 1. The first-order chi connectivity index (χ1) is 9.47. The molecule has 106 valence electrons. The number of fused-ring (bicyclic) bond motifs is 1. The van der Waals surface area contributed by atoms with Gasteiger partial charge in [-0.3, -0.25) is 5.10 Å². The molecule has 0 unspecified atom stereocenters. The Kier molecular flexibility index (Phi) is 3.50. The van der Waals surface area contributed by atoms with Gasteiger partial charge in [0, 0.05) is 27.7 Å². The van der Waals surface area contributed by atoms with Crippen molar-refractivity contribution in [2.24, 2.45) is 0 Å². The number of H-pyrrole nitrogens is 1. The Morgan fingerprint density at radius 2 is 1.95 bits per heavy atom. The van der Waals surface area contributed by atoms with E-state index >= 15 is 0 Å². The number of halogens is 2. The third-order valence-corrected chi connectivity index (χ3v) is 5.68. The van der Waals surface area contributed by atoms with E-state index in [1.165, 1.54) is 4.31 Å². The van der Waals surface area contributed by atoms with Crippen molar-refractivity contribution in [2.45, 2.75) is 18.8 Å². The van der Waals surface area contributed by atoms with Crippen molar-refractivity contribution in [3.05, 3.63) is 51.3 Å². The maximum atomic E-state index is 12.4. The molecule has 1 aliphatic heterocycles. The van der Waals surface area contributed by atoms with Crippen LogP contribution in [0.15, 0.2) is 24.4 Å². The van der Waals surface area contributed by atoms with Crippen LogP contribution in [0.3, 0.4) is 0 Å². The quantitative estimate of drug-likeness (QED) is 0.939. The Morgan fingerprint density at radius 1 is 1.25 bits per heavy atom. The highest BCUT2D eigenvalue weighted by Gasteiger charge is 2.31. The molecule has 0 aliphatic carbocycles. The second-order valence-corrected chi connectivity index (χ2v) is 7.38. The summed E-state index contributed by atoms with van der Waals surface area (Å²) in [6, 6.07) is 4.95. The number of nitrogens with zero attached hydrogens (tertiary/aromatic N) is 2. The molecular weight excluding hydrogens is 321 g/mol. The second-order valence-electron chi connectivity index (χ2n) is 4.60. The molecule has 1 aromatic heterocycles. The number of hydrogen-bond acceptors (Lipinski definition) is 3. The summed E-state index contributed by atoms with van der Waals surface area (Å²) in [5, 5.41) is 7.40. The van der Waals surface area contributed by atoms with Crippen molar-refractivity contribution in [2.75, 3.05) is 0 Å². The fraction of sp³-hybridized carbons (Fsp3) is 0.250. The smallest absolute Gasteiger partial charge is 0.219 e. The van der Waals surface area contributed by atoms with Crippen molar-refractivity contribution in [1.29, 1.82) is 0 Å². The first-order valence-electron chi connectivity index (χ1n) is 5.89. The fourth-order valence-corrected chi connectivity index (χ4v) is 4.38. The van der Waals surface area contributed by atoms with Gasteiger partial charge in [-0.05, 0) is 12.1 Å². The SMILES string of the molecule is O=S(=O)(Cc1c(Cl)cccc1Cl)N1Cc2cn[nH]c2C1. The van der Waals surface area contributed by atoms with Gasteiger partial charge in [0.15, 0.2) is 0 Å². The number of benzene rings is 1. The number of aromatic amines is 1. The first-order valence-corrected chi connectivity index (χ1v) is 8.26. The van der Waals surface area contributed by atoms with Gasteiger partial charge < -0.3 is 0 Å². The highest BCUT2D eigenvalue weighted by atomic mass is 35.5. The fourth-order valence-electron chi connectivity index (χ4n) is 2.17. The third kappa shape index (κ3) is 2.44. The molecule has 2 aromatic rings. The minimum atomic E-state index is -3.48. The van der Waals surface area contributed by atoms with Crippen molar-refractivity contribution >= 4 is 33.2 Å². The average molecular weight is 332 g/mol. The Labute approximate surface area is 126 Å². The number of rotatable bonds is 3. The Balaban J connectivity index is 1.85. The molecule has 5 nitrogen and oxygen atoms in total. The lowest BCUT2D eigenvalue weighted by atomic mass is 10.2. The van der Waals surface area contributed by atoms with Gasteiger partial charge in [0.2, 0.25) is 10.0 Å². The molecule has 1 aliphatic rings. The lowest BCUT2D eigenvalue weighted by Crippen LogP contribution is -2.27. The predicted octanol–water partition coefficient (Wildman–Crippen LogP) is 2.56. The van der Waals surface area contributed by atoms with Gasteiger partial charge in [0.25, 0.3) is 0 Å². The molecule has 0 fully saturated rings. The summed E-state index contributed by atoms with van der Waals surface area (Å²) >= 11 is 12.1. The summed E-state index contributed by atoms with van der Waals surface area (Å²) in [5.74, 6) is -0.205. The monoisotopic (exact) mass is 331 g/mol. The zero-order valence-corrected chi connectivity index (χ0v) is 12.6. The summed E-state index contributed by atoms with van der Waals surface area (Å²) in [6.45, 7) is 0.635. The van der Waals surface area contributed by atoms with E-state index in [9.17, 15) is 8.42 Å². The minimum absolute atomic E-state index is 0.205. The van der Waals surface area contributed by atoms with E-state index in [1.807, 2.05) is 0 Å². The van der Waals surface area contributed by atoms with Gasteiger partial charge in [-0.1, -0.05) is 29.3 Å². The van der Waals surface area contributed by atoms with E-state index in [0.717, 1.165) is 11.3 Å². The Bertz CT molecular complexity index is 717. The highest BCUT2D eigenvalue weighted by Crippen LogP contribution is 2.30. The van der Waals surface area contributed by atoms with E-state index in [4.69, 9.17) is 23.2 Å². The lowest BCUT2D eigenvalue weighted by Gasteiger charge is -2.16. The molecule has 8 heteroatoms. The van der Waals surface area contributed by atoms with Gasteiger partial charge in [0.05, 0.1) is 24.2 Å². The van der Waals surface area contributed by atoms with Crippen LogP contribution in [0.2, 0.25) is 10.0 Å². The van der Waals surface area contributed by atoms with Crippen LogP contribution in [-0.4, -0.2) is 22.9 Å². The third-order valence-electron chi connectivity index (χ3n) is 3.27. The molecule has 20 heavy (non-hydrogen) atoms. The lowest BCUT2D eigenvalue weighted by molar-refractivity contribution is 0.426. The normalized spacial score (nSPS) is 15.5. The molecule has 3 rings (SSSR count). The highest BCUT2D eigenvalue weighted by molar-refractivity contribution is 7.88. The molecule has 0 amide bonds. The van der Waals surface area contributed by atoms with Crippen LogP contribution in [0, 0.1) is 0 Å². The zero-order chi connectivity index (χ0) is 14.3. The predicted molar refractivity (Wildman–Crippen MR) is 76.9 cm³/mol. The van der Waals surface area contributed by atoms with Crippen LogP contribution in [0.4, 0.5) is 0 Å². The van der Waals surface area contributed by atoms with Crippen molar-refractivity contribution < 1.29 is 8.42 Å². The van der Waals surface area contributed by atoms with Crippen LogP contribution >= 0.6 is 23.2 Å². The largest absolute Gasteiger partial charge is 0.281 e. The van der Waals surface area contributed by atoms with Crippen molar-refractivity contribution in [3.8, 4) is 0 Å². The van der Waals surface area contributed by atoms with E-state index < -0.39 is 10.0 Å². The molecule has 2 heterocycles. The molecule has 0 bridgehead atoms. The van der Waals surface area contributed by atoms with Crippen molar-refractivity contribution in [1.82, 2.24) is 14.5 Å². The summed E-state index contributed by atoms with van der Waals surface area (Å²) in [4.78, 5) is 0. The van der Waals surface area contributed by atoms with Crippen LogP contribution in [0.1, 0.15) is 16.8 Å². The molecule has 1 N–H and O–H groups in total. The van der Waals surface area contributed by atoms with Gasteiger partial charge in [0.1, 0.15) is 0 Å². The molecular formula is C12H11Cl2N3O2S. The van der Waals surface area contributed by atoms with Crippen LogP contribution < -0.4 is 0 Å². The molecule has 0 saturated heterocycles. The van der Waals surface area contributed by atoms with Crippen LogP contribution in [0.5, 0.6) is 0 Å². The summed E-state index contributed by atoms with van der Waals surface area (Å²) in [5.41, 5.74) is 2.17. The standard InChI is InChI=1S/C12H11Cl2N3O2S/c13-10-2-1-3-11(14)9(10)7-20(18,19)17-5-8-4-15-16-12(8)6-17/h1-4H,5-7H2,(H,15,16). The van der Waals surface area contributed by atoms with Gasteiger partial charge >= 0.3 is 0 Å². The summed E-state index contributed by atoms with van der Waals surface area (Å²) in [6.07, 6.45) is 1.65. The second kappa shape index (κ2) is 5.04. The zero-order valence-electron chi connectivity index (χ0n) is 10.3. The van der Waals surface area contributed by atoms with Gasteiger partial charge in [-0.25, -0.2) is 8.42 Å². The maximum absolute atomic E-state index is 12.4. The maximum Gasteiger partial charge on any atom is 0.219 e. The van der Waals surface area contributed by atoms with E-state index in [-0.39, 0.29) is 5.75 Å². The number of nitrogens with one attached hydrogen (secondary N) is 1. The molecule has 0 atom stereocenters. The van der Waals surface area contributed by atoms with Crippen LogP contribution in [-0.2, 0) is 28.9 Å². The van der Waals surface area contributed by atoms with E-state index in [1.54, 1.807) is 24.4 Å². The number of aromatic nitrogens is 2. The van der Waals surface area contributed by atoms with Crippen LogP contribution in [0.25, 0.3) is 0 Å². The van der Waals surface area contributed by atoms with Crippen molar-refractivity contribution in [3.63, 3.8) is 0 Å². The summed E-state index contributed by atoms with van der Waals surface area (Å²) < 4.78 is 26.3. The first kappa shape index (κ1) is 13.9. The number of sulfonamides is 1. The topological polar surface area (TPSA) is 66.1 Å². The van der Waals surface area contributed by atoms with Gasteiger partial charge in [-0.15, -0.1) is 0 Å².